The average Bonchev–Trinajstić information content (AvgIpc) is 3.21. The number of carbonyl (C=O) groups is 2. The molecule has 0 aliphatic rings. The molecule has 2 heterocycles. The molecule has 9 heteroatoms. The molecule has 2 N–H and O–H groups in total. The smallest absolute Gasteiger partial charge is 0.251 e. The SMILES string of the molecule is Cc1ccc(C(=O)NCCNC(=O)CCc2nc(-c3cccnc3)no2)cc1F. The molecule has 0 aliphatic heterocycles. The van der Waals surface area contributed by atoms with Crippen LogP contribution in [-0.4, -0.2) is 40.0 Å². The van der Waals surface area contributed by atoms with Crippen LogP contribution in [0.15, 0.2) is 47.2 Å². The maximum absolute atomic E-state index is 13.5. The highest BCUT2D eigenvalue weighted by molar-refractivity contribution is 5.94. The number of aryl methyl sites for hydroxylation is 2. The van der Waals surface area contributed by atoms with E-state index < -0.39 is 11.7 Å². The zero-order chi connectivity index (χ0) is 20.6. The van der Waals surface area contributed by atoms with Crippen LogP contribution in [0.4, 0.5) is 4.39 Å². The Kier molecular flexibility index (Phi) is 6.62. The van der Waals surface area contributed by atoms with Crippen LogP contribution >= 0.6 is 0 Å². The van der Waals surface area contributed by atoms with Crippen LogP contribution in [0.1, 0.15) is 28.2 Å². The lowest BCUT2D eigenvalue weighted by molar-refractivity contribution is -0.121. The predicted molar refractivity (Wildman–Crippen MR) is 102 cm³/mol. The summed E-state index contributed by atoms with van der Waals surface area (Å²) in [6, 6.07) is 7.87. The van der Waals surface area contributed by atoms with Crippen LogP contribution in [0, 0.1) is 12.7 Å². The van der Waals surface area contributed by atoms with E-state index in [1.165, 1.54) is 6.07 Å². The van der Waals surface area contributed by atoms with Crippen molar-refractivity contribution in [3.8, 4) is 11.4 Å². The van der Waals surface area contributed by atoms with Crippen molar-refractivity contribution < 1.29 is 18.5 Å². The third kappa shape index (κ3) is 5.68. The molecule has 2 amide bonds. The number of halogens is 1. The summed E-state index contributed by atoms with van der Waals surface area (Å²) in [5, 5.41) is 9.19. The van der Waals surface area contributed by atoms with Gasteiger partial charge in [0.1, 0.15) is 5.82 Å². The summed E-state index contributed by atoms with van der Waals surface area (Å²) < 4.78 is 18.6. The summed E-state index contributed by atoms with van der Waals surface area (Å²) in [7, 11) is 0. The molecule has 0 atom stereocenters. The molecule has 2 aromatic heterocycles. The molecule has 0 saturated heterocycles. The monoisotopic (exact) mass is 397 g/mol. The number of hydrogen-bond donors (Lipinski definition) is 2. The van der Waals surface area contributed by atoms with Gasteiger partial charge in [-0.15, -0.1) is 0 Å². The number of carbonyl (C=O) groups excluding carboxylic acids is 2. The van der Waals surface area contributed by atoms with Gasteiger partial charge in [0.05, 0.1) is 0 Å². The Morgan fingerprint density at radius 2 is 2.00 bits per heavy atom. The van der Waals surface area contributed by atoms with Gasteiger partial charge in [-0.05, 0) is 36.8 Å². The number of aromatic nitrogens is 3. The normalized spacial score (nSPS) is 10.6. The molecule has 0 radical (unpaired) electrons. The summed E-state index contributed by atoms with van der Waals surface area (Å²) >= 11 is 0. The van der Waals surface area contributed by atoms with Gasteiger partial charge in [-0.1, -0.05) is 11.2 Å². The zero-order valence-electron chi connectivity index (χ0n) is 15.8. The number of nitrogens with one attached hydrogen (secondary N) is 2. The Labute approximate surface area is 166 Å². The van der Waals surface area contributed by atoms with Crippen molar-refractivity contribution in [2.24, 2.45) is 0 Å². The minimum Gasteiger partial charge on any atom is -0.354 e. The van der Waals surface area contributed by atoms with Crippen LogP contribution in [0.5, 0.6) is 0 Å². The van der Waals surface area contributed by atoms with E-state index in [4.69, 9.17) is 4.52 Å². The Hall–Kier alpha value is -3.62. The fourth-order valence-electron chi connectivity index (χ4n) is 2.49. The lowest BCUT2D eigenvalue weighted by atomic mass is 10.1. The first-order chi connectivity index (χ1) is 14.0. The second kappa shape index (κ2) is 9.54. The predicted octanol–water partition coefficient (Wildman–Crippen LogP) is 2.06. The van der Waals surface area contributed by atoms with Gasteiger partial charge in [-0.2, -0.15) is 4.98 Å². The maximum atomic E-state index is 13.5. The fraction of sp³-hybridized carbons (Fsp3) is 0.250. The Balaban J connectivity index is 1.36. The fourth-order valence-corrected chi connectivity index (χ4v) is 2.49. The van der Waals surface area contributed by atoms with E-state index >= 15 is 0 Å². The van der Waals surface area contributed by atoms with Crippen molar-refractivity contribution >= 4 is 11.8 Å². The highest BCUT2D eigenvalue weighted by Gasteiger charge is 2.11. The molecule has 150 valence electrons. The van der Waals surface area contributed by atoms with E-state index in [0.29, 0.717) is 23.7 Å². The summed E-state index contributed by atoms with van der Waals surface area (Å²) in [5.41, 5.74) is 1.44. The molecule has 0 unspecified atom stereocenters. The van der Waals surface area contributed by atoms with Gasteiger partial charge < -0.3 is 15.2 Å². The quantitative estimate of drug-likeness (QED) is 0.563. The van der Waals surface area contributed by atoms with E-state index in [9.17, 15) is 14.0 Å². The van der Waals surface area contributed by atoms with Gasteiger partial charge in [0.25, 0.3) is 5.91 Å². The molecule has 0 fully saturated rings. The van der Waals surface area contributed by atoms with E-state index in [-0.39, 0.29) is 31.0 Å². The molecule has 0 aliphatic carbocycles. The molecule has 3 aromatic rings. The van der Waals surface area contributed by atoms with E-state index in [2.05, 4.69) is 25.8 Å². The molecule has 0 saturated carbocycles. The van der Waals surface area contributed by atoms with Crippen molar-refractivity contribution in [2.75, 3.05) is 13.1 Å². The van der Waals surface area contributed by atoms with E-state index in [1.54, 1.807) is 37.5 Å². The minimum absolute atomic E-state index is 0.172. The van der Waals surface area contributed by atoms with Crippen LogP contribution in [0.25, 0.3) is 11.4 Å². The topological polar surface area (TPSA) is 110 Å². The largest absolute Gasteiger partial charge is 0.354 e. The summed E-state index contributed by atoms with van der Waals surface area (Å²) in [6.07, 6.45) is 3.75. The highest BCUT2D eigenvalue weighted by atomic mass is 19.1. The summed E-state index contributed by atoms with van der Waals surface area (Å²) in [6.45, 7) is 2.11. The first kappa shape index (κ1) is 20.1. The first-order valence-electron chi connectivity index (χ1n) is 9.07. The van der Waals surface area contributed by atoms with Gasteiger partial charge in [-0.25, -0.2) is 4.39 Å². The first-order valence-corrected chi connectivity index (χ1v) is 9.07. The maximum Gasteiger partial charge on any atom is 0.251 e. The van der Waals surface area contributed by atoms with Gasteiger partial charge in [-0.3, -0.25) is 14.6 Å². The lowest BCUT2D eigenvalue weighted by Gasteiger charge is -2.07. The number of rotatable bonds is 8. The summed E-state index contributed by atoms with van der Waals surface area (Å²) in [5.74, 6) is -0.259. The molecular weight excluding hydrogens is 377 g/mol. The number of benzene rings is 1. The Morgan fingerprint density at radius 1 is 1.17 bits per heavy atom. The molecular formula is C20H20FN5O3. The number of nitrogens with zero attached hydrogens (tertiary/aromatic N) is 3. The lowest BCUT2D eigenvalue weighted by Crippen LogP contribution is -2.34. The minimum atomic E-state index is -0.432. The van der Waals surface area contributed by atoms with Crippen molar-refractivity contribution in [3.05, 3.63) is 65.6 Å². The molecule has 0 bridgehead atoms. The third-order valence-electron chi connectivity index (χ3n) is 4.12. The molecule has 3 rings (SSSR count). The summed E-state index contributed by atoms with van der Waals surface area (Å²) in [4.78, 5) is 32.1. The van der Waals surface area contributed by atoms with Gasteiger partial charge >= 0.3 is 0 Å². The Bertz CT molecular complexity index is 991. The number of hydrogen-bond acceptors (Lipinski definition) is 6. The van der Waals surface area contributed by atoms with E-state index in [0.717, 1.165) is 5.56 Å². The van der Waals surface area contributed by atoms with Gasteiger partial charge in [0, 0.05) is 49.5 Å². The molecule has 8 nitrogen and oxygen atoms in total. The molecule has 29 heavy (non-hydrogen) atoms. The van der Waals surface area contributed by atoms with Crippen molar-refractivity contribution in [1.82, 2.24) is 25.8 Å². The van der Waals surface area contributed by atoms with Crippen molar-refractivity contribution in [2.45, 2.75) is 19.8 Å². The van der Waals surface area contributed by atoms with Crippen LogP contribution in [0.3, 0.4) is 0 Å². The molecule has 0 spiro atoms. The van der Waals surface area contributed by atoms with E-state index in [1.807, 2.05) is 6.07 Å². The van der Waals surface area contributed by atoms with Crippen LogP contribution in [0.2, 0.25) is 0 Å². The zero-order valence-corrected chi connectivity index (χ0v) is 15.8. The van der Waals surface area contributed by atoms with Crippen LogP contribution < -0.4 is 10.6 Å². The Morgan fingerprint density at radius 3 is 2.76 bits per heavy atom. The van der Waals surface area contributed by atoms with Gasteiger partial charge in [0.2, 0.25) is 17.6 Å². The second-order valence-corrected chi connectivity index (χ2v) is 6.32. The third-order valence-corrected chi connectivity index (χ3v) is 4.12. The second-order valence-electron chi connectivity index (χ2n) is 6.32. The van der Waals surface area contributed by atoms with Crippen molar-refractivity contribution in [3.63, 3.8) is 0 Å². The van der Waals surface area contributed by atoms with Crippen LogP contribution in [-0.2, 0) is 11.2 Å². The number of amides is 2. The van der Waals surface area contributed by atoms with Gasteiger partial charge in [0.15, 0.2) is 0 Å². The molecule has 1 aromatic carbocycles. The van der Waals surface area contributed by atoms with Crippen molar-refractivity contribution in [1.29, 1.82) is 0 Å². The average molecular weight is 397 g/mol. The number of pyridine rings is 1. The standard InChI is InChI=1S/C20H20FN5O3/c1-13-4-5-14(11-16(13)21)20(28)24-10-9-23-17(27)6-7-18-25-19(26-29-18)15-3-2-8-22-12-15/h2-5,8,11-12H,6-7,9-10H2,1H3,(H,23,27)(H,24,28). The highest BCUT2D eigenvalue weighted by Crippen LogP contribution is 2.14.